The van der Waals surface area contributed by atoms with Crippen molar-refractivity contribution in [3.8, 4) is 0 Å². The van der Waals surface area contributed by atoms with Gasteiger partial charge in [-0.05, 0) is 0 Å². The van der Waals surface area contributed by atoms with Gasteiger partial charge in [-0.15, -0.1) is 4.55 Å². The zero-order chi connectivity index (χ0) is 9.64. The molecule has 66 valence electrons. The van der Waals surface area contributed by atoms with Crippen LogP contribution in [0.15, 0.2) is 60.7 Å². The highest BCUT2D eigenvalue weighted by Gasteiger charge is 1.98. The molecular weight excluding hydrogens is 180 g/mol. The summed E-state index contributed by atoms with van der Waals surface area (Å²) in [5, 5.41) is 0. The van der Waals surface area contributed by atoms with Crippen LogP contribution >= 0.6 is 0 Å². The lowest BCUT2D eigenvalue weighted by molar-refractivity contribution is 1.39. The van der Waals surface area contributed by atoms with Crippen molar-refractivity contribution in [2.45, 2.75) is 4.55 Å². The van der Waals surface area contributed by atoms with Gasteiger partial charge in [0.1, 0.15) is 0 Å². The molecule has 0 bridgehead atoms. The zero-order valence-electron chi connectivity index (χ0n) is 8.19. The van der Waals surface area contributed by atoms with Crippen molar-refractivity contribution in [3.63, 3.8) is 0 Å². The van der Waals surface area contributed by atoms with Gasteiger partial charge in [0.2, 0.25) is 0 Å². The van der Waals surface area contributed by atoms with Crippen LogP contribution in [0.25, 0.3) is 0 Å². The van der Waals surface area contributed by atoms with E-state index in [2.05, 4.69) is 60.7 Å². The second-order valence-electron chi connectivity index (χ2n) is 3.47. The number of rotatable bonds is 3. The van der Waals surface area contributed by atoms with Crippen molar-refractivity contribution in [1.82, 2.24) is 0 Å². The Bertz CT molecular complexity index is 327. The lowest BCUT2D eigenvalue weighted by Crippen LogP contribution is -2.15. The minimum atomic E-state index is -0.110. The predicted octanol–water partition coefficient (Wildman–Crippen LogP) is 2.22. The molecule has 0 aliphatic heterocycles. The molecule has 0 nitrogen and oxygen atoms in total. The summed E-state index contributed by atoms with van der Waals surface area (Å²) in [6.45, 7) is 0. The van der Waals surface area contributed by atoms with E-state index in [0.717, 1.165) is 0 Å². The largest absolute Gasteiger partial charge is 0.414 e. The van der Waals surface area contributed by atoms with E-state index in [0.29, 0.717) is 0 Å². The highest BCUT2D eigenvalue weighted by Crippen LogP contribution is 1.98. The first-order valence-corrected chi connectivity index (χ1v) is 6.74. The van der Waals surface area contributed by atoms with E-state index in [1.165, 1.54) is 10.1 Å². The fraction of sp³-hybridized carbons (Fsp3) is 0.0769. The standard InChI is InChI=1S/C7H7.C6H5.Mg/c1-7-5-3-2-4-6-7;1-2-4-6-5-3-1;/h2-6H,1H2;1-5H;. The van der Waals surface area contributed by atoms with E-state index >= 15 is 0 Å². The topological polar surface area (TPSA) is 0 Å². The molecule has 0 saturated heterocycles. The Balaban J connectivity index is 1.96. The van der Waals surface area contributed by atoms with E-state index < -0.39 is 0 Å². The summed E-state index contributed by atoms with van der Waals surface area (Å²) < 4.78 is 2.82. The van der Waals surface area contributed by atoms with E-state index in [9.17, 15) is 0 Å². The van der Waals surface area contributed by atoms with Crippen LogP contribution in [0.5, 0.6) is 0 Å². The molecule has 0 radical (unpaired) electrons. The molecule has 14 heavy (non-hydrogen) atoms. The van der Waals surface area contributed by atoms with E-state index in [1.54, 1.807) is 3.69 Å². The predicted molar refractivity (Wildman–Crippen MR) is 62.0 cm³/mol. The van der Waals surface area contributed by atoms with Gasteiger partial charge in [0.25, 0.3) is 0 Å². The Morgan fingerprint density at radius 3 is 1.93 bits per heavy atom. The third-order valence-corrected chi connectivity index (χ3v) is 4.26. The van der Waals surface area contributed by atoms with Gasteiger partial charge in [0.05, 0.1) is 0 Å². The molecule has 0 spiro atoms. The molecule has 0 aromatic heterocycles. The average molecular weight is 193 g/mol. The summed E-state index contributed by atoms with van der Waals surface area (Å²) in [5.74, 6) is 0. The molecule has 0 N–H and O–H groups in total. The molecule has 0 aliphatic rings. The molecule has 0 saturated carbocycles. The fourth-order valence-electron chi connectivity index (χ4n) is 1.58. The molecule has 2 aromatic carbocycles. The summed E-state index contributed by atoms with van der Waals surface area (Å²) in [4.78, 5) is 0. The van der Waals surface area contributed by atoms with Crippen molar-refractivity contribution in [2.75, 3.05) is 0 Å². The van der Waals surface area contributed by atoms with E-state index in [4.69, 9.17) is 0 Å². The van der Waals surface area contributed by atoms with Crippen LogP contribution < -0.4 is 3.69 Å². The van der Waals surface area contributed by atoms with Gasteiger partial charge in [0.15, 0.2) is 0 Å². The Morgan fingerprint density at radius 2 is 1.29 bits per heavy atom. The lowest BCUT2D eigenvalue weighted by atomic mass is 10.2. The van der Waals surface area contributed by atoms with Crippen molar-refractivity contribution >= 4 is 24.1 Å². The van der Waals surface area contributed by atoms with Crippen molar-refractivity contribution < 1.29 is 0 Å². The monoisotopic (exact) mass is 192 g/mol. The first kappa shape index (κ1) is 9.75. The van der Waals surface area contributed by atoms with Crippen LogP contribution in [0.4, 0.5) is 0 Å². The maximum Gasteiger partial charge on any atom is 0.414 e. The lowest BCUT2D eigenvalue weighted by Gasteiger charge is -1.99. The third kappa shape index (κ3) is 2.86. The smallest absolute Gasteiger partial charge is 0.173 e. The van der Waals surface area contributed by atoms with Crippen molar-refractivity contribution in [2.24, 2.45) is 0 Å². The highest BCUT2D eigenvalue weighted by atomic mass is 24.5. The quantitative estimate of drug-likeness (QED) is 0.654. The molecule has 0 aliphatic carbocycles. The molecule has 1 heteroatoms. The molecule has 0 unspecified atom stereocenters. The first-order chi connectivity index (χ1) is 6.95. The van der Waals surface area contributed by atoms with Gasteiger partial charge in [-0.3, -0.25) is 0 Å². The molecule has 0 fully saturated rings. The van der Waals surface area contributed by atoms with Gasteiger partial charge >= 0.3 is 20.4 Å². The maximum absolute atomic E-state index is 2.25. The maximum atomic E-state index is 2.25. The van der Waals surface area contributed by atoms with Crippen molar-refractivity contribution in [1.29, 1.82) is 0 Å². The van der Waals surface area contributed by atoms with Crippen LogP contribution in [0.2, 0.25) is 0 Å². The normalized spacial score (nSPS) is 9.43. The number of benzene rings is 2. The molecular formula is C13H12Mg. The van der Waals surface area contributed by atoms with Crippen LogP contribution in [0.1, 0.15) is 5.56 Å². The Labute approximate surface area is 94.7 Å². The first-order valence-electron chi connectivity index (χ1n) is 5.03. The van der Waals surface area contributed by atoms with Crippen LogP contribution in [-0.4, -0.2) is 20.4 Å². The molecule has 2 aromatic rings. The van der Waals surface area contributed by atoms with Gasteiger partial charge in [-0.1, -0.05) is 66.2 Å². The second-order valence-corrected chi connectivity index (χ2v) is 5.29. The van der Waals surface area contributed by atoms with Crippen molar-refractivity contribution in [3.05, 3.63) is 66.2 Å². The van der Waals surface area contributed by atoms with Crippen LogP contribution in [-0.2, 0) is 4.55 Å². The summed E-state index contributed by atoms with van der Waals surface area (Å²) in [6, 6.07) is 21.6. The Morgan fingerprint density at radius 1 is 0.714 bits per heavy atom. The Hall–Kier alpha value is -0.794. The number of hydrogen-bond acceptors (Lipinski definition) is 0. The molecule has 0 atom stereocenters. The minimum absolute atomic E-state index is 0.110. The summed E-state index contributed by atoms with van der Waals surface area (Å²) in [5.41, 5.74) is 1.48. The van der Waals surface area contributed by atoms with E-state index in [-0.39, 0.29) is 20.4 Å². The summed E-state index contributed by atoms with van der Waals surface area (Å²) in [6.07, 6.45) is 0. The van der Waals surface area contributed by atoms with E-state index in [1.807, 2.05) is 0 Å². The van der Waals surface area contributed by atoms with Crippen LogP contribution in [0.3, 0.4) is 0 Å². The Kier molecular flexibility index (Phi) is 3.61. The molecule has 0 heterocycles. The molecule has 0 amide bonds. The van der Waals surface area contributed by atoms with Gasteiger partial charge in [-0.2, -0.15) is 3.69 Å². The zero-order valence-corrected chi connectivity index (χ0v) is 9.60. The minimum Gasteiger partial charge on any atom is -0.173 e. The van der Waals surface area contributed by atoms with Gasteiger partial charge in [0, 0.05) is 0 Å². The fourth-order valence-corrected chi connectivity index (χ4v) is 3.09. The summed E-state index contributed by atoms with van der Waals surface area (Å²) >= 11 is -0.110. The number of hydrogen-bond donors (Lipinski definition) is 0. The molecule has 2 rings (SSSR count). The van der Waals surface area contributed by atoms with Crippen LogP contribution in [0, 0.1) is 0 Å². The third-order valence-electron chi connectivity index (χ3n) is 2.39. The average Bonchev–Trinajstić information content (AvgIpc) is 2.29. The highest BCUT2D eigenvalue weighted by molar-refractivity contribution is 6.52. The summed E-state index contributed by atoms with van der Waals surface area (Å²) in [7, 11) is 0. The second kappa shape index (κ2) is 5.18. The van der Waals surface area contributed by atoms with Gasteiger partial charge < -0.3 is 0 Å². The van der Waals surface area contributed by atoms with Gasteiger partial charge in [-0.25, -0.2) is 0 Å². The SMILES string of the molecule is c1ccc([CH2][Mg][c]2ccccc2)cc1.